The summed E-state index contributed by atoms with van der Waals surface area (Å²) < 4.78 is 6.74. The van der Waals surface area contributed by atoms with E-state index in [2.05, 4.69) is 0 Å². The number of carbonyl (C=O) groups excluding carboxylic acids is 1. The van der Waals surface area contributed by atoms with E-state index in [1.807, 2.05) is 47.0 Å². The molecule has 0 bridgehead atoms. The number of aromatic nitrogens is 1. The normalized spacial score (nSPS) is 12.1. The molecule has 27 heavy (non-hydrogen) atoms. The van der Waals surface area contributed by atoms with Crippen molar-refractivity contribution in [3.63, 3.8) is 0 Å². The lowest BCUT2D eigenvalue weighted by Gasteiger charge is -2.14. The van der Waals surface area contributed by atoms with Crippen LogP contribution in [0.5, 0.6) is 0 Å². The number of aliphatic hydroxyl groups excluding tert-OH is 1. The third-order valence-corrected chi connectivity index (χ3v) is 4.49. The Balaban J connectivity index is 1.78. The molecule has 0 saturated heterocycles. The topological polar surface area (TPSA) is 68.5 Å². The molecule has 1 atom stereocenters. The number of fused-ring (bicyclic) bond motifs is 1. The maximum Gasteiger partial charge on any atom is 0.305 e. The molecule has 0 aliphatic carbocycles. The minimum atomic E-state index is -1.00. The number of aryl methyl sites for hydroxylation is 1. The first kappa shape index (κ1) is 18.9. The molecule has 1 unspecified atom stereocenters. The van der Waals surface area contributed by atoms with E-state index in [0.29, 0.717) is 37.1 Å². The first-order valence-corrected chi connectivity index (χ1v) is 9.11. The van der Waals surface area contributed by atoms with Crippen LogP contribution in [0.3, 0.4) is 0 Å². The fraction of sp³-hybridized carbons (Fsp3) is 0.273. The van der Waals surface area contributed by atoms with Gasteiger partial charge in [-0.1, -0.05) is 36.4 Å². The number of esters is 1. The van der Waals surface area contributed by atoms with Gasteiger partial charge in [0, 0.05) is 37.0 Å². The van der Waals surface area contributed by atoms with Gasteiger partial charge < -0.3 is 14.4 Å². The van der Waals surface area contributed by atoms with Gasteiger partial charge in [-0.2, -0.15) is 0 Å². The average Bonchev–Trinajstić information content (AvgIpc) is 2.68. The zero-order chi connectivity index (χ0) is 19.2. The van der Waals surface area contributed by atoms with Crippen molar-refractivity contribution in [2.45, 2.75) is 32.4 Å². The highest BCUT2D eigenvalue weighted by molar-refractivity contribution is 5.83. The second-order valence-electron chi connectivity index (χ2n) is 6.42. The molecule has 1 heterocycles. The van der Waals surface area contributed by atoms with Gasteiger partial charge >= 0.3 is 5.97 Å². The lowest BCUT2D eigenvalue weighted by Crippen LogP contribution is -2.17. The number of benzene rings is 2. The summed E-state index contributed by atoms with van der Waals surface area (Å²) in [6, 6.07) is 15.0. The van der Waals surface area contributed by atoms with Crippen molar-refractivity contribution in [3.8, 4) is 0 Å². The summed E-state index contributed by atoms with van der Waals surface area (Å²) in [5.41, 5.74) is 0.788. The number of hydrogen-bond donors (Lipinski definition) is 1. The van der Waals surface area contributed by atoms with Gasteiger partial charge in [0.15, 0.2) is 5.43 Å². The number of rotatable bonds is 7. The van der Waals surface area contributed by atoms with Crippen LogP contribution >= 0.6 is 0 Å². The van der Waals surface area contributed by atoms with E-state index in [1.165, 1.54) is 6.07 Å². The van der Waals surface area contributed by atoms with Crippen LogP contribution in [0.2, 0.25) is 0 Å². The monoisotopic (exact) mass is 365 g/mol. The van der Waals surface area contributed by atoms with Gasteiger partial charge in [0.25, 0.3) is 0 Å². The lowest BCUT2D eigenvalue weighted by molar-refractivity contribution is -0.143. The molecule has 3 rings (SSSR count). The van der Waals surface area contributed by atoms with E-state index >= 15 is 0 Å². The second-order valence-corrected chi connectivity index (χ2v) is 6.42. The van der Waals surface area contributed by atoms with Crippen molar-refractivity contribution in [2.75, 3.05) is 6.61 Å². The summed E-state index contributed by atoms with van der Waals surface area (Å²) in [6.07, 6.45) is 3.26. The molecule has 0 amide bonds. The number of pyridine rings is 1. The zero-order valence-corrected chi connectivity index (χ0v) is 15.3. The molecule has 1 N–H and O–H groups in total. The van der Waals surface area contributed by atoms with E-state index in [0.717, 1.165) is 10.8 Å². The van der Waals surface area contributed by atoms with Gasteiger partial charge in [-0.25, -0.2) is 0 Å². The molecule has 2 aromatic carbocycles. The highest BCUT2D eigenvalue weighted by atomic mass is 16.5. The Morgan fingerprint density at radius 3 is 2.70 bits per heavy atom. The van der Waals surface area contributed by atoms with E-state index < -0.39 is 6.10 Å². The molecule has 0 spiro atoms. The van der Waals surface area contributed by atoms with E-state index in [-0.39, 0.29) is 11.4 Å². The standard InChI is InChI=1S/C22H23NO4/c1-2-27-21(25)8-5-12-23-13-11-20(24)19(15-23)22(26)18-10-9-16-6-3-4-7-17(16)14-18/h3-4,6-7,9-11,13-15,22,26H,2,5,8,12H2,1H3. The molecule has 140 valence electrons. The first-order valence-electron chi connectivity index (χ1n) is 9.11. The van der Waals surface area contributed by atoms with Crippen LogP contribution in [-0.2, 0) is 16.1 Å². The molecular formula is C22H23NO4. The molecule has 0 saturated carbocycles. The van der Waals surface area contributed by atoms with Crippen LogP contribution in [0.4, 0.5) is 0 Å². The Labute approximate surface area is 157 Å². The Bertz CT molecular complexity index is 993. The molecule has 0 aliphatic heterocycles. The van der Waals surface area contributed by atoms with Crippen molar-refractivity contribution >= 4 is 16.7 Å². The van der Waals surface area contributed by atoms with Crippen molar-refractivity contribution < 1.29 is 14.6 Å². The molecule has 5 heteroatoms. The number of ether oxygens (including phenoxy) is 1. The number of carbonyl (C=O) groups is 1. The summed E-state index contributed by atoms with van der Waals surface area (Å²) in [5, 5.41) is 12.8. The highest BCUT2D eigenvalue weighted by Gasteiger charge is 2.15. The van der Waals surface area contributed by atoms with Crippen molar-refractivity contribution in [1.82, 2.24) is 4.57 Å². The van der Waals surface area contributed by atoms with Gasteiger partial charge in [0.1, 0.15) is 6.10 Å². The van der Waals surface area contributed by atoms with Crippen LogP contribution in [-0.4, -0.2) is 22.2 Å². The summed E-state index contributed by atoms with van der Waals surface area (Å²) in [5.74, 6) is -0.227. The number of hydrogen-bond acceptors (Lipinski definition) is 4. The molecule has 3 aromatic rings. The van der Waals surface area contributed by atoms with Crippen molar-refractivity contribution in [2.24, 2.45) is 0 Å². The molecule has 1 aromatic heterocycles. The Morgan fingerprint density at radius 2 is 1.93 bits per heavy atom. The molecule has 0 radical (unpaired) electrons. The molecular weight excluding hydrogens is 342 g/mol. The Morgan fingerprint density at radius 1 is 1.15 bits per heavy atom. The fourth-order valence-electron chi connectivity index (χ4n) is 3.09. The van der Waals surface area contributed by atoms with Crippen molar-refractivity contribution in [1.29, 1.82) is 0 Å². The van der Waals surface area contributed by atoms with Crippen molar-refractivity contribution in [3.05, 3.63) is 82.3 Å². The maximum absolute atomic E-state index is 12.3. The minimum Gasteiger partial charge on any atom is -0.466 e. The van der Waals surface area contributed by atoms with Crippen LogP contribution in [0, 0.1) is 0 Å². The van der Waals surface area contributed by atoms with Gasteiger partial charge in [-0.3, -0.25) is 9.59 Å². The Kier molecular flexibility index (Phi) is 6.04. The van der Waals surface area contributed by atoms with Crippen LogP contribution in [0.1, 0.15) is 37.0 Å². The van der Waals surface area contributed by atoms with E-state index in [9.17, 15) is 14.7 Å². The lowest BCUT2D eigenvalue weighted by atomic mass is 9.99. The summed E-state index contributed by atoms with van der Waals surface area (Å²) >= 11 is 0. The van der Waals surface area contributed by atoms with Gasteiger partial charge in [0.05, 0.1) is 6.61 Å². The predicted octanol–water partition coefficient (Wildman–Crippen LogP) is 3.43. The zero-order valence-electron chi connectivity index (χ0n) is 15.3. The highest BCUT2D eigenvalue weighted by Crippen LogP contribution is 2.23. The average molecular weight is 365 g/mol. The summed E-state index contributed by atoms with van der Waals surface area (Å²) in [6.45, 7) is 2.72. The van der Waals surface area contributed by atoms with Gasteiger partial charge in [0.2, 0.25) is 0 Å². The molecule has 5 nitrogen and oxygen atoms in total. The van der Waals surface area contributed by atoms with Gasteiger partial charge in [-0.15, -0.1) is 0 Å². The largest absolute Gasteiger partial charge is 0.466 e. The quantitative estimate of drug-likeness (QED) is 0.652. The summed E-state index contributed by atoms with van der Waals surface area (Å²) in [4.78, 5) is 23.7. The Hall–Kier alpha value is -2.92. The first-order chi connectivity index (χ1) is 13.1. The minimum absolute atomic E-state index is 0.211. The molecule has 0 aliphatic rings. The van der Waals surface area contributed by atoms with Gasteiger partial charge in [-0.05, 0) is 35.7 Å². The SMILES string of the molecule is CCOC(=O)CCCn1ccc(=O)c(C(O)c2ccc3ccccc3c2)c1. The predicted molar refractivity (Wildman–Crippen MR) is 105 cm³/mol. The van der Waals surface area contributed by atoms with Crippen LogP contribution in [0.15, 0.2) is 65.7 Å². The third-order valence-electron chi connectivity index (χ3n) is 4.49. The maximum atomic E-state index is 12.3. The summed E-state index contributed by atoms with van der Waals surface area (Å²) in [7, 11) is 0. The van der Waals surface area contributed by atoms with E-state index in [1.54, 1.807) is 19.3 Å². The van der Waals surface area contributed by atoms with Crippen LogP contribution < -0.4 is 5.43 Å². The fourth-order valence-corrected chi connectivity index (χ4v) is 3.09. The number of nitrogens with zero attached hydrogens (tertiary/aromatic N) is 1. The smallest absolute Gasteiger partial charge is 0.305 e. The molecule has 0 fully saturated rings. The van der Waals surface area contributed by atoms with Crippen LogP contribution in [0.25, 0.3) is 10.8 Å². The second kappa shape index (κ2) is 8.64. The third kappa shape index (κ3) is 4.63. The number of aliphatic hydroxyl groups is 1. The van der Waals surface area contributed by atoms with E-state index in [4.69, 9.17) is 4.74 Å².